The van der Waals surface area contributed by atoms with Crippen molar-refractivity contribution in [3.8, 4) is 5.75 Å². The van der Waals surface area contributed by atoms with Gasteiger partial charge in [-0.2, -0.15) is 0 Å². The number of para-hydroxylation sites is 2. The van der Waals surface area contributed by atoms with Crippen molar-refractivity contribution in [2.45, 2.75) is 31.5 Å². The minimum Gasteiger partial charge on any atom is -0.489 e. The Balaban J connectivity index is 1.55. The largest absolute Gasteiger partial charge is 0.489 e. The Bertz CT molecular complexity index is 1200. The summed E-state index contributed by atoms with van der Waals surface area (Å²) in [4.78, 5) is 37.6. The minimum absolute atomic E-state index is 0.0261. The van der Waals surface area contributed by atoms with Crippen molar-refractivity contribution in [1.29, 1.82) is 0 Å². The van der Waals surface area contributed by atoms with E-state index in [1.54, 1.807) is 36.4 Å². The van der Waals surface area contributed by atoms with Crippen molar-refractivity contribution >= 4 is 23.3 Å². The molecule has 35 heavy (non-hydrogen) atoms. The van der Waals surface area contributed by atoms with E-state index in [0.717, 1.165) is 5.56 Å². The monoisotopic (exact) mass is 475 g/mol. The number of amides is 1. The second-order valence-electron chi connectivity index (χ2n) is 8.26. The van der Waals surface area contributed by atoms with E-state index in [-0.39, 0.29) is 24.7 Å². The highest BCUT2D eigenvalue weighted by atomic mass is 16.6. The summed E-state index contributed by atoms with van der Waals surface area (Å²) in [7, 11) is 0. The summed E-state index contributed by atoms with van der Waals surface area (Å²) >= 11 is 0. The number of carbonyl (C=O) groups is 2. The van der Waals surface area contributed by atoms with Crippen LogP contribution < -0.4 is 15.0 Å². The number of carboxylic acids is 1. The van der Waals surface area contributed by atoms with Gasteiger partial charge in [0, 0.05) is 12.1 Å². The molecule has 0 bridgehead atoms. The van der Waals surface area contributed by atoms with Crippen LogP contribution >= 0.6 is 0 Å². The van der Waals surface area contributed by atoms with Crippen molar-refractivity contribution in [2.24, 2.45) is 0 Å². The third kappa shape index (κ3) is 5.82. The Morgan fingerprint density at radius 2 is 1.74 bits per heavy atom. The van der Waals surface area contributed by atoms with Gasteiger partial charge in [-0.25, -0.2) is 0 Å². The molecule has 9 nitrogen and oxygen atoms in total. The zero-order chi connectivity index (χ0) is 24.8. The number of nitrogens with zero attached hydrogens (tertiary/aromatic N) is 2. The number of aryl methyl sites for hydroxylation is 1. The quantitative estimate of drug-likeness (QED) is 0.358. The zero-order valence-electron chi connectivity index (χ0n) is 18.9. The Labute approximate surface area is 202 Å². The van der Waals surface area contributed by atoms with Crippen LogP contribution in [0.15, 0.2) is 78.9 Å². The summed E-state index contributed by atoms with van der Waals surface area (Å²) in [6.45, 7) is 0.124. The number of aliphatic carboxylic acids is 1. The molecule has 0 radical (unpaired) electrons. The molecule has 0 spiro atoms. The van der Waals surface area contributed by atoms with E-state index in [1.165, 1.54) is 17.0 Å². The van der Waals surface area contributed by atoms with Crippen LogP contribution in [-0.2, 0) is 22.6 Å². The molecular formula is C26H25N3O6. The average molecular weight is 476 g/mol. The Morgan fingerprint density at radius 1 is 1.06 bits per heavy atom. The summed E-state index contributed by atoms with van der Waals surface area (Å²) in [6, 6.07) is 20.8. The van der Waals surface area contributed by atoms with Crippen LogP contribution in [0.3, 0.4) is 0 Å². The number of rotatable bonds is 9. The lowest BCUT2D eigenvalue weighted by atomic mass is 10.0. The molecule has 1 unspecified atom stereocenters. The number of carboxylic acid groups (broad SMARTS) is 1. The molecule has 0 fully saturated rings. The maximum atomic E-state index is 13.6. The van der Waals surface area contributed by atoms with Crippen LogP contribution in [0.25, 0.3) is 0 Å². The van der Waals surface area contributed by atoms with Crippen LogP contribution in [-0.4, -0.2) is 40.6 Å². The lowest BCUT2D eigenvalue weighted by Gasteiger charge is -2.26. The molecule has 0 saturated carbocycles. The summed E-state index contributed by atoms with van der Waals surface area (Å²) in [5, 5.41) is 23.8. The van der Waals surface area contributed by atoms with Gasteiger partial charge in [-0.3, -0.25) is 25.0 Å². The first-order valence-corrected chi connectivity index (χ1v) is 11.2. The molecule has 180 valence electrons. The number of non-ortho nitro benzene ring substituents is 1. The van der Waals surface area contributed by atoms with E-state index in [1.807, 2.05) is 30.3 Å². The first-order chi connectivity index (χ1) is 16.9. The van der Waals surface area contributed by atoms with Crippen molar-refractivity contribution in [3.05, 3.63) is 100 Å². The van der Waals surface area contributed by atoms with Crippen LogP contribution in [0.2, 0.25) is 0 Å². The number of ether oxygens (including phenoxy) is 1. The molecule has 1 aliphatic rings. The second kappa shape index (κ2) is 10.8. The van der Waals surface area contributed by atoms with E-state index in [4.69, 9.17) is 4.74 Å². The van der Waals surface area contributed by atoms with Crippen molar-refractivity contribution < 1.29 is 24.4 Å². The Morgan fingerprint density at radius 3 is 2.43 bits per heavy atom. The molecule has 4 rings (SSSR count). The summed E-state index contributed by atoms with van der Waals surface area (Å²) in [6.07, 6.45) is 0.845. The molecule has 0 saturated heterocycles. The highest BCUT2D eigenvalue weighted by Gasteiger charge is 2.34. The molecule has 1 amide bonds. The molecule has 1 heterocycles. The van der Waals surface area contributed by atoms with Gasteiger partial charge in [-0.1, -0.05) is 54.6 Å². The van der Waals surface area contributed by atoms with Crippen LogP contribution in [0.1, 0.15) is 17.5 Å². The summed E-state index contributed by atoms with van der Waals surface area (Å²) < 4.78 is 5.89. The van der Waals surface area contributed by atoms with Gasteiger partial charge < -0.3 is 14.7 Å². The first-order valence-electron chi connectivity index (χ1n) is 11.2. The SMILES string of the molecule is O=C(O)[C@H](CCc1ccccc1)NC1COc2ccccc2N(Cc2ccc([N+](=O)[O-])cc2)C1=O. The van der Waals surface area contributed by atoms with Gasteiger partial charge >= 0.3 is 5.97 Å². The van der Waals surface area contributed by atoms with E-state index in [0.29, 0.717) is 29.8 Å². The average Bonchev–Trinajstić information content (AvgIpc) is 2.99. The van der Waals surface area contributed by atoms with E-state index in [2.05, 4.69) is 5.32 Å². The van der Waals surface area contributed by atoms with Crippen LogP contribution in [0, 0.1) is 10.1 Å². The Kier molecular flexibility index (Phi) is 7.37. The third-order valence-corrected chi connectivity index (χ3v) is 5.88. The number of fused-ring (bicyclic) bond motifs is 1. The predicted molar refractivity (Wildman–Crippen MR) is 129 cm³/mol. The predicted octanol–water partition coefficient (Wildman–Crippen LogP) is 3.56. The number of nitrogens with one attached hydrogen (secondary N) is 1. The summed E-state index contributed by atoms with van der Waals surface area (Å²) in [5.74, 6) is -0.875. The second-order valence-corrected chi connectivity index (χ2v) is 8.26. The maximum absolute atomic E-state index is 13.6. The molecule has 9 heteroatoms. The van der Waals surface area contributed by atoms with Crippen molar-refractivity contribution in [1.82, 2.24) is 5.32 Å². The number of hydrogen-bond acceptors (Lipinski definition) is 6. The molecule has 0 aliphatic carbocycles. The normalized spacial score (nSPS) is 16.1. The summed E-state index contributed by atoms with van der Waals surface area (Å²) in [5.41, 5.74) is 2.22. The van der Waals surface area contributed by atoms with Gasteiger partial charge in [-0.05, 0) is 36.1 Å². The fourth-order valence-electron chi connectivity index (χ4n) is 4.02. The number of benzene rings is 3. The topological polar surface area (TPSA) is 122 Å². The van der Waals surface area contributed by atoms with Gasteiger partial charge in [0.1, 0.15) is 24.4 Å². The Hall–Kier alpha value is -4.24. The number of carbonyl (C=O) groups excluding carboxylic acids is 1. The van der Waals surface area contributed by atoms with Gasteiger partial charge in [0.2, 0.25) is 5.91 Å². The standard InChI is InChI=1S/C26H25N3O6/c30-25-22(27-21(26(31)32)15-12-18-6-2-1-3-7-18)17-35-24-9-5-4-8-23(24)28(25)16-19-10-13-20(14-11-19)29(33)34/h1-11,13-14,21-22,27H,12,15-17H2,(H,31,32)/t21-,22?/m0/s1. The maximum Gasteiger partial charge on any atom is 0.320 e. The number of anilines is 1. The minimum atomic E-state index is -1.04. The highest BCUT2D eigenvalue weighted by molar-refractivity contribution is 5.99. The molecule has 3 aromatic carbocycles. The van der Waals surface area contributed by atoms with Crippen molar-refractivity contribution in [3.63, 3.8) is 0 Å². The smallest absolute Gasteiger partial charge is 0.320 e. The molecule has 2 atom stereocenters. The van der Waals surface area contributed by atoms with Gasteiger partial charge in [-0.15, -0.1) is 0 Å². The fraction of sp³-hybridized carbons (Fsp3) is 0.231. The first kappa shape index (κ1) is 23.9. The van der Waals surface area contributed by atoms with E-state index < -0.39 is 23.0 Å². The molecule has 2 N–H and O–H groups in total. The third-order valence-electron chi connectivity index (χ3n) is 5.88. The van der Waals surface area contributed by atoms with Crippen LogP contribution in [0.4, 0.5) is 11.4 Å². The highest BCUT2D eigenvalue weighted by Crippen LogP contribution is 2.32. The van der Waals surface area contributed by atoms with E-state index >= 15 is 0 Å². The number of hydrogen-bond donors (Lipinski definition) is 2. The van der Waals surface area contributed by atoms with Crippen LogP contribution in [0.5, 0.6) is 5.75 Å². The lowest BCUT2D eigenvalue weighted by molar-refractivity contribution is -0.384. The number of nitro groups is 1. The lowest BCUT2D eigenvalue weighted by Crippen LogP contribution is -2.53. The van der Waals surface area contributed by atoms with E-state index in [9.17, 15) is 24.8 Å². The molecule has 0 aromatic heterocycles. The molecule has 1 aliphatic heterocycles. The van der Waals surface area contributed by atoms with Crippen molar-refractivity contribution in [2.75, 3.05) is 11.5 Å². The fourth-order valence-corrected chi connectivity index (χ4v) is 4.02. The molecular weight excluding hydrogens is 450 g/mol. The number of nitro benzene ring substituents is 1. The molecule has 3 aromatic rings. The zero-order valence-corrected chi connectivity index (χ0v) is 18.9. The van der Waals surface area contributed by atoms with Gasteiger partial charge in [0.15, 0.2) is 0 Å². The van der Waals surface area contributed by atoms with Gasteiger partial charge in [0.25, 0.3) is 5.69 Å². The van der Waals surface area contributed by atoms with Gasteiger partial charge in [0.05, 0.1) is 17.2 Å².